The molecule has 0 amide bonds. The summed E-state index contributed by atoms with van der Waals surface area (Å²) in [5.74, 6) is 0.529. The van der Waals surface area contributed by atoms with Gasteiger partial charge in [-0.2, -0.15) is 0 Å². The van der Waals surface area contributed by atoms with E-state index in [1.807, 2.05) is 6.92 Å². The van der Waals surface area contributed by atoms with Crippen molar-refractivity contribution in [3.63, 3.8) is 0 Å². The van der Waals surface area contributed by atoms with Gasteiger partial charge >= 0.3 is 0 Å². The van der Waals surface area contributed by atoms with E-state index >= 15 is 0 Å². The van der Waals surface area contributed by atoms with E-state index < -0.39 is 0 Å². The molecule has 15 heavy (non-hydrogen) atoms. The van der Waals surface area contributed by atoms with E-state index in [4.69, 9.17) is 4.74 Å². The standard InChI is InChI=1S/C12H18FNO/c1-4-14-8-10(3)15-11-5-6-12(13)9(2)7-11/h5-7,10,14H,4,8H2,1-3H3. The third-order valence-corrected chi connectivity index (χ3v) is 2.15. The summed E-state index contributed by atoms with van der Waals surface area (Å²) in [6.45, 7) is 7.50. The second kappa shape index (κ2) is 5.71. The van der Waals surface area contributed by atoms with Crippen LogP contribution >= 0.6 is 0 Å². The first-order valence-electron chi connectivity index (χ1n) is 5.27. The van der Waals surface area contributed by atoms with Crippen LogP contribution < -0.4 is 10.1 Å². The fourth-order valence-corrected chi connectivity index (χ4v) is 1.31. The SMILES string of the molecule is CCNCC(C)Oc1ccc(F)c(C)c1. The van der Waals surface area contributed by atoms with Crippen molar-refractivity contribution < 1.29 is 9.13 Å². The molecule has 0 aliphatic heterocycles. The molecule has 0 saturated heterocycles. The maximum absolute atomic E-state index is 13.0. The first-order chi connectivity index (χ1) is 7.13. The summed E-state index contributed by atoms with van der Waals surface area (Å²) >= 11 is 0. The van der Waals surface area contributed by atoms with Crippen LogP contribution in [0, 0.1) is 12.7 Å². The van der Waals surface area contributed by atoms with Crippen LogP contribution in [0.5, 0.6) is 5.75 Å². The van der Waals surface area contributed by atoms with Gasteiger partial charge in [0.05, 0.1) is 0 Å². The molecule has 0 aliphatic rings. The lowest BCUT2D eigenvalue weighted by molar-refractivity contribution is 0.218. The summed E-state index contributed by atoms with van der Waals surface area (Å²) in [6.07, 6.45) is 0.0924. The number of rotatable bonds is 5. The first kappa shape index (κ1) is 12.0. The van der Waals surface area contributed by atoms with Crippen LogP contribution in [0.25, 0.3) is 0 Å². The number of aryl methyl sites for hydroxylation is 1. The van der Waals surface area contributed by atoms with E-state index in [1.165, 1.54) is 6.07 Å². The second-order valence-corrected chi connectivity index (χ2v) is 3.65. The van der Waals surface area contributed by atoms with Crippen LogP contribution in [-0.2, 0) is 0 Å². The molecule has 0 heterocycles. The average molecular weight is 211 g/mol. The molecule has 0 bridgehead atoms. The summed E-state index contributed by atoms with van der Waals surface area (Å²) in [4.78, 5) is 0. The predicted octanol–water partition coefficient (Wildman–Crippen LogP) is 2.51. The number of halogens is 1. The number of benzene rings is 1. The molecule has 0 fully saturated rings. The molecule has 1 atom stereocenters. The molecule has 1 rings (SSSR count). The van der Waals surface area contributed by atoms with Crippen molar-refractivity contribution >= 4 is 0 Å². The highest BCUT2D eigenvalue weighted by Crippen LogP contribution is 2.16. The summed E-state index contributed by atoms with van der Waals surface area (Å²) in [5, 5.41) is 3.20. The summed E-state index contributed by atoms with van der Waals surface area (Å²) in [7, 11) is 0. The van der Waals surface area contributed by atoms with Crippen LogP contribution in [0.4, 0.5) is 4.39 Å². The summed E-state index contributed by atoms with van der Waals surface area (Å²) in [5.41, 5.74) is 0.614. The van der Waals surface area contributed by atoms with Crippen LogP contribution in [0.3, 0.4) is 0 Å². The van der Waals surface area contributed by atoms with Gasteiger partial charge in [0.25, 0.3) is 0 Å². The summed E-state index contributed by atoms with van der Waals surface area (Å²) in [6, 6.07) is 4.81. The van der Waals surface area contributed by atoms with E-state index in [1.54, 1.807) is 19.1 Å². The Morgan fingerprint density at radius 2 is 2.20 bits per heavy atom. The molecule has 0 aliphatic carbocycles. The van der Waals surface area contributed by atoms with Crippen LogP contribution in [0.15, 0.2) is 18.2 Å². The van der Waals surface area contributed by atoms with Gasteiger partial charge in [-0.1, -0.05) is 6.92 Å². The molecule has 84 valence electrons. The highest BCUT2D eigenvalue weighted by atomic mass is 19.1. The Kier molecular flexibility index (Phi) is 4.56. The lowest BCUT2D eigenvalue weighted by atomic mass is 10.2. The monoisotopic (exact) mass is 211 g/mol. The fraction of sp³-hybridized carbons (Fsp3) is 0.500. The maximum Gasteiger partial charge on any atom is 0.126 e. The average Bonchev–Trinajstić information content (AvgIpc) is 2.20. The molecule has 0 saturated carbocycles. The van der Waals surface area contributed by atoms with Gasteiger partial charge < -0.3 is 10.1 Å². The zero-order valence-electron chi connectivity index (χ0n) is 9.51. The molecular weight excluding hydrogens is 193 g/mol. The topological polar surface area (TPSA) is 21.3 Å². The van der Waals surface area contributed by atoms with E-state index in [-0.39, 0.29) is 11.9 Å². The third kappa shape index (κ3) is 3.88. The lowest BCUT2D eigenvalue weighted by Gasteiger charge is -2.15. The van der Waals surface area contributed by atoms with E-state index in [9.17, 15) is 4.39 Å². The van der Waals surface area contributed by atoms with Gasteiger partial charge in [0.15, 0.2) is 0 Å². The minimum absolute atomic E-state index is 0.0924. The van der Waals surface area contributed by atoms with Crippen molar-refractivity contribution in [3.8, 4) is 5.75 Å². The number of nitrogens with one attached hydrogen (secondary N) is 1. The van der Waals surface area contributed by atoms with E-state index in [0.717, 1.165) is 18.8 Å². The van der Waals surface area contributed by atoms with Gasteiger partial charge in [0.1, 0.15) is 17.7 Å². The molecule has 1 aromatic rings. The Balaban J connectivity index is 2.53. The minimum atomic E-state index is -0.193. The predicted molar refractivity (Wildman–Crippen MR) is 59.8 cm³/mol. The van der Waals surface area contributed by atoms with Gasteiger partial charge in [0, 0.05) is 6.54 Å². The lowest BCUT2D eigenvalue weighted by Crippen LogP contribution is -2.28. The largest absolute Gasteiger partial charge is 0.489 e. The smallest absolute Gasteiger partial charge is 0.126 e. The molecule has 3 heteroatoms. The Hall–Kier alpha value is -1.09. The van der Waals surface area contributed by atoms with Crippen LogP contribution in [0.2, 0.25) is 0 Å². The van der Waals surface area contributed by atoms with Gasteiger partial charge in [-0.15, -0.1) is 0 Å². The number of hydrogen-bond donors (Lipinski definition) is 1. The molecular formula is C12H18FNO. The summed E-state index contributed by atoms with van der Waals surface area (Å²) < 4.78 is 18.6. The highest BCUT2D eigenvalue weighted by Gasteiger charge is 2.04. The number of ether oxygens (including phenoxy) is 1. The fourth-order valence-electron chi connectivity index (χ4n) is 1.31. The Morgan fingerprint density at radius 1 is 1.47 bits per heavy atom. The maximum atomic E-state index is 13.0. The van der Waals surface area contributed by atoms with Gasteiger partial charge in [-0.05, 0) is 44.2 Å². The van der Waals surface area contributed by atoms with Gasteiger partial charge in [0.2, 0.25) is 0 Å². The van der Waals surface area contributed by atoms with Gasteiger partial charge in [-0.3, -0.25) is 0 Å². The molecule has 1 N–H and O–H groups in total. The normalized spacial score (nSPS) is 12.5. The molecule has 0 radical (unpaired) electrons. The van der Waals surface area contributed by atoms with Crippen molar-refractivity contribution in [1.29, 1.82) is 0 Å². The van der Waals surface area contributed by atoms with Crippen molar-refractivity contribution in [3.05, 3.63) is 29.6 Å². The van der Waals surface area contributed by atoms with Crippen molar-refractivity contribution in [2.75, 3.05) is 13.1 Å². The molecule has 2 nitrogen and oxygen atoms in total. The quantitative estimate of drug-likeness (QED) is 0.808. The first-order valence-corrected chi connectivity index (χ1v) is 5.27. The number of hydrogen-bond acceptors (Lipinski definition) is 2. The number of likely N-dealkylation sites (N-methyl/N-ethyl adjacent to an activating group) is 1. The molecule has 1 unspecified atom stereocenters. The van der Waals surface area contributed by atoms with Crippen molar-refractivity contribution in [2.24, 2.45) is 0 Å². The van der Waals surface area contributed by atoms with Crippen molar-refractivity contribution in [2.45, 2.75) is 26.9 Å². The Morgan fingerprint density at radius 3 is 2.80 bits per heavy atom. The minimum Gasteiger partial charge on any atom is -0.489 e. The van der Waals surface area contributed by atoms with E-state index in [2.05, 4.69) is 12.2 Å². The Labute approximate surface area is 90.4 Å². The molecule has 0 aromatic heterocycles. The third-order valence-electron chi connectivity index (χ3n) is 2.15. The van der Waals surface area contributed by atoms with Crippen LogP contribution in [-0.4, -0.2) is 19.2 Å². The van der Waals surface area contributed by atoms with E-state index in [0.29, 0.717) is 5.56 Å². The zero-order chi connectivity index (χ0) is 11.3. The zero-order valence-corrected chi connectivity index (χ0v) is 9.51. The second-order valence-electron chi connectivity index (χ2n) is 3.65. The van der Waals surface area contributed by atoms with Crippen molar-refractivity contribution in [1.82, 2.24) is 5.32 Å². The molecule has 0 spiro atoms. The highest BCUT2D eigenvalue weighted by molar-refractivity contribution is 5.28. The van der Waals surface area contributed by atoms with Gasteiger partial charge in [-0.25, -0.2) is 4.39 Å². The Bertz CT molecular complexity index is 314. The molecule has 1 aromatic carbocycles. The van der Waals surface area contributed by atoms with Crippen LogP contribution in [0.1, 0.15) is 19.4 Å².